The van der Waals surface area contributed by atoms with E-state index in [9.17, 15) is 9.18 Å². The Morgan fingerprint density at radius 1 is 1.40 bits per heavy atom. The highest BCUT2D eigenvalue weighted by Crippen LogP contribution is 2.11. The predicted octanol–water partition coefficient (Wildman–Crippen LogP) is 2.64. The van der Waals surface area contributed by atoms with Crippen LogP contribution < -0.4 is 5.32 Å². The standard InChI is InChI=1S/C18H25FN4O2/c1-14(2)21-18(24)23(10-11-25-3)13-17-20-8-9-22(17)12-15-6-4-5-7-16(15)19/h4-9,14H,10-13H2,1-3H3,(H,21,24). The third-order valence-corrected chi connectivity index (χ3v) is 3.70. The van der Waals surface area contributed by atoms with Crippen molar-refractivity contribution in [2.24, 2.45) is 0 Å². The Morgan fingerprint density at radius 2 is 2.16 bits per heavy atom. The number of halogens is 1. The summed E-state index contributed by atoms with van der Waals surface area (Å²) >= 11 is 0. The predicted molar refractivity (Wildman–Crippen MR) is 93.7 cm³/mol. The maximum atomic E-state index is 13.9. The fourth-order valence-corrected chi connectivity index (χ4v) is 2.41. The summed E-state index contributed by atoms with van der Waals surface area (Å²) in [5.41, 5.74) is 0.580. The highest BCUT2D eigenvalue weighted by Gasteiger charge is 2.17. The summed E-state index contributed by atoms with van der Waals surface area (Å²) in [6.07, 6.45) is 3.45. The molecule has 1 aromatic heterocycles. The third kappa shape index (κ3) is 5.56. The zero-order chi connectivity index (χ0) is 18.2. The minimum absolute atomic E-state index is 0.0377. The van der Waals surface area contributed by atoms with Gasteiger partial charge in [-0.25, -0.2) is 14.2 Å². The fourth-order valence-electron chi connectivity index (χ4n) is 2.41. The average Bonchev–Trinajstić information content (AvgIpc) is 2.99. The number of urea groups is 1. The zero-order valence-corrected chi connectivity index (χ0v) is 14.9. The Kier molecular flexibility index (Phi) is 6.94. The number of nitrogens with one attached hydrogen (secondary N) is 1. The van der Waals surface area contributed by atoms with Gasteiger partial charge in [0, 0.05) is 37.7 Å². The van der Waals surface area contributed by atoms with Crippen molar-refractivity contribution in [2.45, 2.75) is 33.0 Å². The number of hydrogen-bond donors (Lipinski definition) is 1. The molecule has 0 aliphatic heterocycles. The molecule has 0 aliphatic carbocycles. The van der Waals surface area contributed by atoms with Crippen LogP contribution in [0.1, 0.15) is 25.2 Å². The number of rotatable bonds is 8. The van der Waals surface area contributed by atoms with Gasteiger partial charge in [-0.2, -0.15) is 0 Å². The van der Waals surface area contributed by atoms with Crippen LogP contribution in [0.2, 0.25) is 0 Å². The molecule has 0 saturated carbocycles. The number of imidazole rings is 1. The van der Waals surface area contributed by atoms with Gasteiger partial charge in [0.2, 0.25) is 0 Å². The van der Waals surface area contributed by atoms with E-state index in [2.05, 4.69) is 10.3 Å². The normalized spacial score (nSPS) is 10.9. The number of ether oxygens (including phenoxy) is 1. The molecule has 0 saturated heterocycles. The van der Waals surface area contributed by atoms with Crippen molar-refractivity contribution in [3.05, 3.63) is 53.9 Å². The smallest absolute Gasteiger partial charge is 0.318 e. The number of amides is 2. The van der Waals surface area contributed by atoms with Crippen molar-refractivity contribution in [1.29, 1.82) is 0 Å². The number of hydrogen-bond acceptors (Lipinski definition) is 3. The van der Waals surface area contributed by atoms with Gasteiger partial charge in [-0.15, -0.1) is 0 Å². The molecule has 1 heterocycles. The molecular weight excluding hydrogens is 323 g/mol. The topological polar surface area (TPSA) is 59.4 Å². The maximum absolute atomic E-state index is 13.9. The zero-order valence-electron chi connectivity index (χ0n) is 14.9. The van der Waals surface area contributed by atoms with E-state index in [0.717, 1.165) is 0 Å². The Bertz CT molecular complexity index is 687. The molecule has 1 N–H and O–H groups in total. The van der Waals surface area contributed by atoms with Crippen molar-refractivity contribution < 1.29 is 13.9 Å². The maximum Gasteiger partial charge on any atom is 0.318 e. The molecule has 2 amide bonds. The molecule has 2 rings (SSSR count). The number of benzene rings is 1. The molecule has 0 radical (unpaired) electrons. The van der Waals surface area contributed by atoms with E-state index in [1.807, 2.05) is 18.4 Å². The van der Waals surface area contributed by atoms with E-state index >= 15 is 0 Å². The van der Waals surface area contributed by atoms with E-state index in [0.29, 0.717) is 37.6 Å². The van der Waals surface area contributed by atoms with Crippen molar-refractivity contribution in [2.75, 3.05) is 20.3 Å². The lowest BCUT2D eigenvalue weighted by Gasteiger charge is -2.24. The van der Waals surface area contributed by atoms with Crippen molar-refractivity contribution >= 4 is 6.03 Å². The van der Waals surface area contributed by atoms with Crippen LogP contribution >= 0.6 is 0 Å². The molecule has 25 heavy (non-hydrogen) atoms. The molecule has 7 heteroatoms. The monoisotopic (exact) mass is 348 g/mol. The van der Waals surface area contributed by atoms with Crippen LogP contribution in [0.25, 0.3) is 0 Å². The largest absolute Gasteiger partial charge is 0.383 e. The van der Waals surface area contributed by atoms with Crippen molar-refractivity contribution in [3.8, 4) is 0 Å². The number of carbonyl (C=O) groups excluding carboxylic acids is 1. The summed E-state index contributed by atoms with van der Waals surface area (Å²) < 4.78 is 20.8. The molecule has 0 bridgehead atoms. The molecule has 136 valence electrons. The first-order valence-electron chi connectivity index (χ1n) is 8.29. The Balaban J connectivity index is 2.13. The molecule has 0 unspecified atom stereocenters. The SMILES string of the molecule is COCCN(Cc1nccn1Cc1ccccc1F)C(=O)NC(C)C. The molecular formula is C18H25FN4O2. The lowest BCUT2D eigenvalue weighted by atomic mass is 10.2. The van der Waals surface area contributed by atoms with Crippen LogP contribution in [0.15, 0.2) is 36.7 Å². The van der Waals surface area contributed by atoms with Crippen LogP contribution in [0.5, 0.6) is 0 Å². The van der Waals surface area contributed by atoms with Gasteiger partial charge < -0.3 is 19.5 Å². The van der Waals surface area contributed by atoms with Crippen LogP contribution in [0.3, 0.4) is 0 Å². The first-order chi connectivity index (χ1) is 12.0. The third-order valence-electron chi connectivity index (χ3n) is 3.70. The van der Waals surface area contributed by atoms with Gasteiger partial charge in [0.25, 0.3) is 0 Å². The second-order valence-corrected chi connectivity index (χ2v) is 6.08. The van der Waals surface area contributed by atoms with Gasteiger partial charge in [0.15, 0.2) is 0 Å². The van der Waals surface area contributed by atoms with Gasteiger partial charge in [0.05, 0.1) is 19.7 Å². The quantitative estimate of drug-likeness (QED) is 0.798. The van der Waals surface area contributed by atoms with Crippen LogP contribution in [-0.2, 0) is 17.8 Å². The molecule has 0 fully saturated rings. The highest BCUT2D eigenvalue weighted by molar-refractivity contribution is 5.74. The summed E-state index contributed by atoms with van der Waals surface area (Å²) in [4.78, 5) is 18.3. The average molecular weight is 348 g/mol. The summed E-state index contributed by atoms with van der Waals surface area (Å²) in [6.45, 7) is 5.38. The molecule has 0 atom stereocenters. The van der Waals surface area contributed by atoms with E-state index in [-0.39, 0.29) is 17.9 Å². The van der Waals surface area contributed by atoms with Crippen LogP contribution in [0, 0.1) is 5.82 Å². The highest BCUT2D eigenvalue weighted by atomic mass is 19.1. The van der Waals surface area contributed by atoms with Crippen LogP contribution in [0.4, 0.5) is 9.18 Å². The molecule has 1 aromatic carbocycles. The minimum atomic E-state index is -0.254. The summed E-state index contributed by atoms with van der Waals surface area (Å²) in [7, 11) is 1.59. The van der Waals surface area contributed by atoms with Gasteiger partial charge in [-0.1, -0.05) is 18.2 Å². The Hall–Kier alpha value is -2.41. The molecule has 0 aliphatic rings. The van der Waals surface area contributed by atoms with Gasteiger partial charge >= 0.3 is 6.03 Å². The first-order valence-corrected chi connectivity index (χ1v) is 8.29. The number of nitrogens with zero attached hydrogens (tertiary/aromatic N) is 3. The van der Waals surface area contributed by atoms with E-state index in [4.69, 9.17) is 4.74 Å². The van der Waals surface area contributed by atoms with Gasteiger partial charge in [-0.3, -0.25) is 0 Å². The lowest BCUT2D eigenvalue weighted by Crippen LogP contribution is -2.44. The minimum Gasteiger partial charge on any atom is -0.383 e. The molecule has 6 nitrogen and oxygen atoms in total. The Labute approximate surface area is 147 Å². The number of methoxy groups -OCH3 is 1. The van der Waals surface area contributed by atoms with E-state index < -0.39 is 0 Å². The molecule has 2 aromatic rings. The second-order valence-electron chi connectivity index (χ2n) is 6.08. The van der Waals surface area contributed by atoms with Crippen molar-refractivity contribution in [1.82, 2.24) is 19.8 Å². The summed E-state index contributed by atoms with van der Waals surface area (Å²) in [5.74, 6) is 0.439. The Morgan fingerprint density at radius 3 is 2.84 bits per heavy atom. The van der Waals surface area contributed by atoms with Crippen LogP contribution in [-0.4, -0.2) is 46.8 Å². The first kappa shape index (κ1) is 18.9. The summed E-state index contributed by atoms with van der Waals surface area (Å²) in [6, 6.07) is 6.51. The van der Waals surface area contributed by atoms with Crippen molar-refractivity contribution in [3.63, 3.8) is 0 Å². The van der Waals surface area contributed by atoms with E-state index in [1.165, 1.54) is 6.07 Å². The van der Waals surface area contributed by atoms with Gasteiger partial charge in [0.1, 0.15) is 11.6 Å². The second kappa shape index (κ2) is 9.17. The lowest BCUT2D eigenvalue weighted by molar-refractivity contribution is 0.143. The fraction of sp³-hybridized carbons (Fsp3) is 0.444. The van der Waals surface area contributed by atoms with Gasteiger partial charge in [-0.05, 0) is 19.9 Å². The number of aromatic nitrogens is 2. The molecule has 0 spiro atoms. The number of carbonyl (C=O) groups is 1. The van der Waals surface area contributed by atoms with E-state index in [1.54, 1.807) is 42.6 Å². The summed E-state index contributed by atoms with van der Waals surface area (Å²) in [5, 5.41) is 2.88.